The molecule has 0 saturated heterocycles. The third-order valence-electron chi connectivity index (χ3n) is 4.04. The van der Waals surface area contributed by atoms with E-state index in [-0.39, 0.29) is 0 Å². The van der Waals surface area contributed by atoms with Crippen LogP contribution in [0, 0.1) is 5.92 Å². The Morgan fingerprint density at radius 1 is 1.33 bits per heavy atom. The zero-order valence-corrected chi connectivity index (χ0v) is 11.8. The lowest BCUT2D eigenvalue weighted by Gasteiger charge is -2.17. The average Bonchev–Trinajstić information content (AvgIpc) is 2.64. The van der Waals surface area contributed by atoms with E-state index < -0.39 is 0 Å². The first-order valence-corrected chi connectivity index (χ1v) is 7.04. The van der Waals surface area contributed by atoms with E-state index >= 15 is 0 Å². The van der Waals surface area contributed by atoms with Gasteiger partial charge in [-0.25, -0.2) is 0 Å². The SMILES string of the molecule is C=C1CC=C(C)C=CC1CC1=CCCN(C)CC1. The summed E-state index contributed by atoms with van der Waals surface area (Å²) in [5.74, 6) is 0.536. The van der Waals surface area contributed by atoms with E-state index in [1.807, 2.05) is 0 Å². The van der Waals surface area contributed by atoms with Crippen molar-refractivity contribution in [2.45, 2.75) is 32.6 Å². The van der Waals surface area contributed by atoms with Crippen molar-refractivity contribution in [1.82, 2.24) is 4.90 Å². The van der Waals surface area contributed by atoms with Gasteiger partial charge in [-0.15, -0.1) is 0 Å². The minimum atomic E-state index is 0.536. The molecule has 1 aliphatic carbocycles. The molecule has 0 amide bonds. The van der Waals surface area contributed by atoms with Crippen LogP contribution in [0.4, 0.5) is 0 Å². The van der Waals surface area contributed by atoms with Crippen LogP contribution in [0.2, 0.25) is 0 Å². The van der Waals surface area contributed by atoms with Crippen molar-refractivity contribution in [3.63, 3.8) is 0 Å². The van der Waals surface area contributed by atoms with E-state index in [1.54, 1.807) is 5.57 Å². The number of allylic oxidation sites excluding steroid dienone is 5. The second-order valence-electron chi connectivity index (χ2n) is 5.68. The van der Waals surface area contributed by atoms with Gasteiger partial charge in [-0.1, -0.05) is 47.6 Å². The van der Waals surface area contributed by atoms with Gasteiger partial charge in [-0.05, 0) is 39.7 Å². The minimum Gasteiger partial charge on any atom is -0.306 e. The summed E-state index contributed by atoms with van der Waals surface area (Å²) in [7, 11) is 2.22. The summed E-state index contributed by atoms with van der Waals surface area (Å²) >= 11 is 0. The lowest BCUT2D eigenvalue weighted by molar-refractivity contribution is 0.351. The average molecular weight is 243 g/mol. The van der Waals surface area contributed by atoms with Crippen molar-refractivity contribution in [1.29, 1.82) is 0 Å². The molecule has 0 aromatic rings. The highest BCUT2D eigenvalue weighted by molar-refractivity contribution is 5.28. The highest BCUT2D eigenvalue weighted by Gasteiger charge is 2.15. The molecule has 1 heterocycles. The Kier molecular flexibility index (Phi) is 4.60. The molecule has 0 N–H and O–H groups in total. The topological polar surface area (TPSA) is 3.24 Å². The molecule has 1 nitrogen and oxygen atoms in total. The van der Waals surface area contributed by atoms with E-state index in [0.29, 0.717) is 5.92 Å². The van der Waals surface area contributed by atoms with Gasteiger partial charge >= 0.3 is 0 Å². The predicted octanol–water partition coefficient (Wildman–Crippen LogP) is 4.11. The summed E-state index contributed by atoms with van der Waals surface area (Å²) in [5.41, 5.74) is 4.35. The molecule has 1 atom stereocenters. The lowest BCUT2D eigenvalue weighted by Crippen LogP contribution is -2.19. The number of hydrogen-bond acceptors (Lipinski definition) is 1. The molecule has 0 aromatic heterocycles. The first kappa shape index (κ1) is 13.4. The van der Waals surface area contributed by atoms with Gasteiger partial charge in [0.2, 0.25) is 0 Å². The molecule has 0 radical (unpaired) electrons. The third-order valence-corrected chi connectivity index (χ3v) is 4.04. The van der Waals surface area contributed by atoms with Gasteiger partial charge in [0.1, 0.15) is 0 Å². The molecule has 0 aromatic carbocycles. The van der Waals surface area contributed by atoms with Gasteiger partial charge in [-0.2, -0.15) is 0 Å². The Morgan fingerprint density at radius 2 is 2.17 bits per heavy atom. The summed E-state index contributed by atoms with van der Waals surface area (Å²) in [6.07, 6.45) is 14.0. The molecule has 1 aliphatic heterocycles. The van der Waals surface area contributed by atoms with Crippen LogP contribution in [0.3, 0.4) is 0 Å². The predicted molar refractivity (Wildman–Crippen MR) is 79.6 cm³/mol. The van der Waals surface area contributed by atoms with Gasteiger partial charge < -0.3 is 4.90 Å². The van der Waals surface area contributed by atoms with E-state index in [9.17, 15) is 0 Å². The van der Waals surface area contributed by atoms with Crippen LogP contribution in [0.5, 0.6) is 0 Å². The van der Waals surface area contributed by atoms with Gasteiger partial charge in [-0.3, -0.25) is 0 Å². The monoisotopic (exact) mass is 243 g/mol. The van der Waals surface area contributed by atoms with Crippen LogP contribution in [0.25, 0.3) is 0 Å². The summed E-state index contributed by atoms with van der Waals surface area (Å²) < 4.78 is 0. The molecule has 1 heteroatoms. The highest BCUT2D eigenvalue weighted by Crippen LogP contribution is 2.28. The summed E-state index contributed by atoms with van der Waals surface area (Å²) in [5, 5.41) is 0. The maximum Gasteiger partial charge on any atom is 0.00175 e. The molecule has 1 unspecified atom stereocenters. The molecule has 2 rings (SSSR count). The lowest BCUT2D eigenvalue weighted by atomic mass is 9.90. The minimum absolute atomic E-state index is 0.536. The first-order chi connectivity index (χ1) is 8.65. The number of rotatable bonds is 2. The Balaban J connectivity index is 1.98. The normalized spacial score (nSPS) is 26.3. The summed E-state index contributed by atoms with van der Waals surface area (Å²) in [6.45, 7) is 8.83. The van der Waals surface area contributed by atoms with Crippen LogP contribution < -0.4 is 0 Å². The Hall–Kier alpha value is -1.08. The van der Waals surface area contributed by atoms with Crippen molar-refractivity contribution in [2.24, 2.45) is 5.92 Å². The zero-order valence-electron chi connectivity index (χ0n) is 11.8. The molecule has 0 saturated carbocycles. The third kappa shape index (κ3) is 3.71. The molecule has 2 aliphatic rings. The molecule has 0 bridgehead atoms. The first-order valence-electron chi connectivity index (χ1n) is 7.04. The Bertz CT molecular complexity index is 398. The number of nitrogens with zero attached hydrogens (tertiary/aromatic N) is 1. The second kappa shape index (κ2) is 6.19. The number of hydrogen-bond donors (Lipinski definition) is 0. The van der Waals surface area contributed by atoms with Crippen LogP contribution in [0.15, 0.2) is 47.6 Å². The Labute approximate surface area is 112 Å². The second-order valence-corrected chi connectivity index (χ2v) is 5.68. The quantitative estimate of drug-likeness (QED) is 0.660. The fourth-order valence-electron chi connectivity index (χ4n) is 2.63. The van der Waals surface area contributed by atoms with Crippen LogP contribution in [-0.4, -0.2) is 25.0 Å². The van der Waals surface area contributed by atoms with Gasteiger partial charge in [0.25, 0.3) is 0 Å². The van der Waals surface area contributed by atoms with Crippen molar-refractivity contribution in [3.8, 4) is 0 Å². The largest absolute Gasteiger partial charge is 0.306 e. The fraction of sp³-hybridized carbons (Fsp3) is 0.529. The van der Waals surface area contributed by atoms with E-state index in [4.69, 9.17) is 0 Å². The molecule has 0 fully saturated rings. The molecule has 98 valence electrons. The van der Waals surface area contributed by atoms with Crippen LogP contribution in [-0.2, 0) is 0 Å². The van der Waals surface area contributed by atoms with Crippen molar-refractivity contribution in [2.75, 3.05) is 20.1 Å². The fourth-order valence-corrected chi connectivity index (χ4v) is 2.63. The maximum atomic E-state index is 4.26. The van der Waals surface area contributed by atoms with Crippen molar-refractivity contribution in [3.05, 3.63) is 47.6 Å². The summed E-state index contributed by atoms with van der Waals surface area (Å²) in [6, 6.07) is 0. The standard InChI is InChI=1S/C17H25N/c1-14-6-8-15(2)17(9-7-14)13-16-5-4-11-18(3)12-10-16/h5-7,9,17H,2,4,8,10-13H2,1,3H3. The summed E-state index contributed by atoms with van der Waals surface area (Å²) in [4.78, 5) is 2.42. The van der Waals surface area contributed by atoms with E-state index in [0.717, 1.165) is 6.42 Å². The van der Waals surface area contributed by atoms with Crippen molar-refractivity contribution < 1.29 is 0 Å². The maximum absolute atomic E-state index is 4.26. The molecule has 18 heavy (non-hydrogen) atoms. The van der Waals surface area contributed by atoms with Crippen molar-refractivity contribution >= 4 is 0 Å². The zero-order chi connectivity index (χ0) is 13.0. The smallest absolute Gasteiger partial charge is 0.00175 e. The highest BCUT2D eigenvalue weighted by atomic mass is 15.1. The van der Waals surface area contributed by atoms with E-state index in [1.165, 1.54) is 43.5 Å². The van der Waals surface area contributed by atoms with Gasteiger partial charge in [0.15, 0.2) is 0 Å². The Morgan fingerprint density at radius 3 is 3.00 bits per heavy atom. The molecule has 0 spiro atoms. The van der Waals surface area contributed by atoms with Gasteiger partial charge in [0.05, 0.1) is 0 Å². The van der Waals surface area contributed by atoms with Crippen LogP contribution in [0.1, 0.15) is 32.6 Å². The van der Waals surface area contributed by atoms with Gasteiger partial charge in [0, 0.05) is 19.0 Å². The molecular weight excluding hydrogens is 218 g/mol. The van der Waals surface area contributed by atoms with E-state index in [2.05, 4.69) is 49.8 Å². The molecular formula is C17H25N. The van der Waals surface area contributed by atoms with Crippen LogP contribution >= 0.6 is 0 Å².